The van der Waals surface area contributed by atoms with Crippen LogP contribution >= 0.6 is 11.8 Å². The molecule has 32 heavy (non-hydrogen) atoms. The van der Waals surface area contributed by atoms with Crippen molar-refractivity contribution >= 4 is 34.8 Å². The average Bonchev–Trinajstić information content (AvgIpc) is 3.07. The normalized spacial score (nSPS) is 13.7. The van der Waals surface area contributed by atoms with Gasteiger partial charge in [-0.15, -0.1) is 11.8 Å². The van der Waals surface area contributed by atoms with Gasteiger partial charge in [-0.05, 0) is 35.4 Å². The van der Waals surface area contributed by atoms with E-state index in [0.717, 1.165) is 10.5 Å². The smallest absolute Gasteiger partial charge is 0.272 e. The number of carbonyl (C=O) groups excluding carboxylic acids is 2. The van der Waals surface area contributed by atoms with Gasteiger partial charge in [-0.1, -0.05) is 48.5 Å². The number of amides is 2. The van der Waals surface area contributed by atoms with Gasteiger partial charge in [0.15, 0.2) is 11.5 Å². The number of nitrogens with zero attached hydrogens (tertiary/aromatic N) is 1. The van der Waals surface area contributed by atoms with Crippen molar-refractivity contribution in [1.82, 2.24) is 0 Å². The van der Waals surface area contributed by atoms with Gasteiger partial charge >= 0.3 is 0 Å². The summed E-state index contributed by atoms with van der Waals surface area (Å²) >= 11 is 1.25. The maximum atomic E-state index is 14.5. The first-order chi connectivity index (χ1) is 15.5. The SMILES string of the molecule is COc1ccc(C2=C(SCc3ccccc3)C(=O)N(c3ccccc3F)C2=O)cc1OC. The molecule has 3 aromatic rings. The van der Waals surface area contributed by atoms with Gasteiger partial charge in [0.25, 0.3) is 11.8 Å². The van der Waals surface area contributed by atoms with Crippen LogP contribution in [0.5, 0.6) is 11.5 Å². The van der Waals surface area contributed by atoms with Gasteiger partial charge in [0.2, 0.25) is 0 Å². The van der Waals surface area contributed by atoms with Crippen molar-refractivity contribution in [3.05, 3.63) is 94.6 Å². The molecule has 1 heterocycles. The van der Waals surface area contributed by atoms with Crippen molar-refractivity contribution in [3.63, 3.8) is 0 Å². The van der Waals surface area contributed by atoms with Crippen LogP contribution in [0.15, 0.2) is 77.7 Å². The molecule has 0 saturated carbocycles. The molecule has 0 unspecified atom stereocenters. The third kappa shape index (κ3) is 3.99. The summed E-state index contributed by atoms with van der Waals surface area (Å²) in [6.45, 7) is 0. The van der Waals surface area contributed by atoms with Crippen LogP contribution in [0.3, 0.4) is 0 Å². The van der Waals surface area contributed by atoms with Crippen molar-refractivity contribution in [2.24, 2.45) is 0 Å². The van der Waals surface area contributed by atoms with E-state index in [-0.39, 0.29) is 16.2 Å². The Hall–Kier alpha value is -3.58. The Balaban J connectivity index is 1.80. The molecular formula is C25H20FNO4S. The fourth-order valence-electron chi connectivity index (χ4n) is 3.47. The van der Waals surface area contributed by atoms with Gasteiger partial charge in [0.05, 0.1) is 30.4 Å². The zero-order chi connectivity index (χ0) is 22.7. The van der Waals surface area contributed by atoms with Gasteiger partial charge in [0, 0.05) is 5.75 Å². The molecule has 2 amide bonds. The van der Waals surface area contributed by atoms with Gasteiger partial charge in [-0.25, -0.2) is 9.29 Å². The predicted molar refractivity (Wildman–Crippen MR) is 123 cm³/mol. The van der Waals surface area contributed by atoms with E-state index in [0.29, 0.717) is 22.8 Å². The highest BCUT2D eigenvalue weighted by Crippen LogP contribution is 2.42. The molecule has 1 aliphatic rings. The van der Waals surface area contributed by atoms with E-state index in [4.69, 9.17) is 9.47 Å². The monoisotopic (exact) mass is 449 g/mol. The number of halogens is 1. The molecule has 7 heteroatoms. The minimum atomic E-state index is -0.643. The molecule has 4 rings (SSSR count). The van der Waals surface area contributed by atoms with Crippen LogP contribution in [0.4, 0.5) is 10.1 Å². The van der Waals surface area contributed by atoms with Crippen LogP contribution in [0.1, 0.15) is 11.1 Å². The minimum Gasteiger partial charge on any atom is -0.493 e. The number of rotatable bonds is 7. The van der Waals surface area contributed by atoms with Gasteiger partial charge < -0.3 is 9.47 Å². The van der Waals surface area contributed by atoms with E-state index >= 15 is 0 Å². The molecule has 0 saturated heterocycles. The zero-order valence-electron chi connectivity index (χ0n) is 17.5. The largest absolute Gasteiger partial charge is 0.493 e. The van der Waals surface area contributed by atoms with Crippen LogP contribution in [0.25, 0.3) is 5.57 Å². The number of ether oxygens (including phenoxy) is 2. The fraction of sp³-hybridized carbons (Fsp3) is 0.120. The Labute approximate surface area is 189 Å². The molecule has 0 spiro atoms. The second kappa shape index (κ2) is 9.28. The van der Waals surface area contributed by atoms with E-state index < -0.39 is 17.6 Å². The Kier molecular flexibility index (Phi) is 6.28. The number of benzene rings is 3. The molecular weight excluding hydrogens is 429 g/mol. The van der Waals surface area contributed by atoms with Crippen LogP contribution in [0, 0.1) is 5.82 Å². The Morgan fingerprint density at radius 2 is 1.53 bits per heavy atom. The quantitative estimate of drug-likeness (QED) is 0.472. The Morgan fingerprint density at radius 3 is 2.22 bits per heavy atom. The highest BCUT2D eigenvalue weighted by atomic mass is 32.2. The van der Waals surface area contributed by atoms with E-state index in [2.05, 4.69) is 0 Å². The van der Waals surface area contributed by atoms with Gasteiger partial charge in [-0.2, -0.15) is 0 Å². The minimum absolute atomic E-state index is 0.0733. The molecule has 0 N–H and O–H groups in total. The molecule has 162 valence electrons. The first-order valence-corrected chi connectivity index (χ1v) is 10.8. The molecule has 0 bridgehead atoms. The van der Waals surface area contributed by atoms with Gasteiger partial charge in [0.1, 0.15) is 5.82 Å². The van der Waals surface area contributed by atoms with Crippen LogP contribution < -0.4 is 14.4 Å². The number of para-hydroxylation sites is 1. The van der Waals surface area contributed by atoms with E-state index in [9.17, 15) is 14.0 Å². The third-order valence-electron chi connectivity index (χ3n) is 5.03. The van der Waals surface area contributed by atoms with Gasteiger partial charge in [-0.3, -0.25) is 9.59 Å². The third-order valence-corrected chi connectivity index (χ3v) is 6.18. The summed E-state index contributed by atoms with van der Waals surface area (Å²) in [5.74, 6) is -0.367. The topological polar surface area (TPSA) is 55.8 Å². The summed E-state index contributed by atoms with van der Waals surface area (Å²) in [7, 11) is 3.01. The molecule has 0 atom stereocenters. The standard InChI is InChI=1S/C25H20FNO4S/c1-30-20-13-12-17(14-21(20)31-2)22-23(32-15-16-8-4-3-5-9-16)25(29)27(24(22)28)19-11-7-6-10-18(19)26/h3-14H,15H2,1-2H3. The summed E-state index contributed by atoms with van der Waals surface area (Å²) in [4.78, 5) is 28.0. The lowest BCUT2D eigenvalue weighted by atomic mass is 10.1. The number of hydrogen-bond acceptors (Lipinski definition) is 5. The predicted octanol–water partition coefficient (Wildman–Crippen LogP) is 5.06. The first kappa shape index (κ1) is 21.6. The maximum Gasteiger partial charge on any atom is 0.272 e. The second-order valence-electron chi connectivity index (χ2n) is 6.95. The van der Waals surface area contributed by atoms with Crippen molar-refractivity contribution in [3.8, 4) is 11.5 Å². The molecule has 5 nitrogen and oxygen atoms in total. The summed E-state index contributed by atoms with van der Waals surface area (Å²) in [5, 5.41) is 0. The summed E-state index contributed by atoms with van der Waals surface area (Å²) in [6.07, 6.45) is 0. The van der Waals surface area contributed by atoms with Crippen molar-refractivity contribution < 1.29 is 23.5 Å². The number of imide groups is 1. The summed E-state index contributed by atoms with van der Waals surface area (Å²) < 4.78 is 25.2. The number of methoxy groups -OCH3 is 2. The summed E-state index contributed by atoms with van der Waals surface area (Å²) in [5.41, 5.74) is 1.63. The van der Waals surface area contributed by atoms with Crippen molar-refractivity contribution in [1.29, 1.82) is 0 Å². The van der Waals surface area contributed by atoms with Crippen molar-refractivity contribution in [2.75, 3.05) is 19.1 Å². The molecule has 0 aromatic heterocycles. The highest BCUT2D eigenvalue weighted by Gasteiger charge is 2.41. The van der Waals surface area contributed by atoms with Crippen LogP contribution in [0.2, 0.25) is 0 Å². The number of anilines is 1. The zero-order valence-corrected chi connectivity index (χ0v) is 18.3. The van der Waals surface area contributed by atoms with Crippen LogP contribution in [-0.4, -0.2) is 26.0 Å². The Morgan fingerprint density at radius 1 is 0.844 bits per heavy atom. The summed E-state index contributed by atoms with van der Waals surface area (Å²) in [6, 6.07) is 20.4. The molecule has 1 aliphatic heterocycles. The molecule has 0 aliphatic carbocycles. The Bertz CT molecular complexity index is 1210. The lowest BCUT2D eigenvalue weighted by Gasteiger charge is -2.16. The van der Waals surface area contributed by atoms with Crippen molar-refractivity contribution in [2.45, 2.75) is 5.75 Å². The van der Waals surface area contributed by atoms with E-state index in [1.165, 1.54) is 44.2 Å². The lowest BCUT2D eigenvalue weighted by Crippen LogP contribution is -2.32. The number of thioether (sulfide) groups is 1. The second-order valence-corrected chi connectivity index (χ2v) is 7.93. The molecule has 3 aromatic carbocycles. The fourth-order valence-corrected chi connectivity index (χ4v) is 4.54. The van der Waals surface area contributed by atoms with E-state index in [1.54, 1.807) is 24.3 Å². The van der Waals surface area contributed by atoms with Crippen LogP contribution in [-0.2, 0) is 15.3 Å². The maximum absolute atomic E-state index is 14.5. The molecule has 0 fully saturated rings. The average molecular weight is 450 g/mol. The highest BCUT2D eigenvalue weighted by molar-refractivity contribution is 8.03. The molecule has 0 radical (unpaired) electrons. The number of carbonyl (C=O) groups is 2. The number of hydrogen-bond donors (Lipinski definition) is 0. The first-order valence-electron chi connectivity index (χ1n) is 9.82. The van der Waals surface area contributed by atoms with E-state index in [1.807, 2.05) is 30.3 Å². The lowest BCUT2D eigenvalue weighted by molar-refractivity contribution is -0.119.